The molecule has 0 saturated carbocycles. The minimum absolute atomic E-state index is 0.100. The Labute approximate surface area is 115 Å². The Morgan fingerprint density at radius 3 is 2.90 bits per heavy atom. The lowest BCUT2D eigenvalue weighted by Crippen LogP contribution is -2.21. The number of benzene rings is 1. The second-order valence-electron chi connectivity index (χ2n) is 4.98. The average Bonchev–Trinajstić information content (AvgIpc) is 2.91. The Morgan fingerprint density at radius 2 is 2.15 bits per heavy atom. The van der Waals surface area contributed by atoms with Crippen molar-refractivity contribution in [3.05, 3.63) is 24.0 Å². The van der Waals surface area contributed by atoms with Gasteiger partial charge in [-0.2, -0.15) is 0 Å². The van der Waals surface area contributed by atoms with Gasteiger partial charge in [0.25, 0.3) is 0 Å². The number of ether oxygens (including phenoxy) is 1. The number of anilines is 1. The first-order valence-electron chi connectivity index (χ1n) is 6.63. The molecule has 2 aromatic rings. The molecule has 106 valence electrons. The first-order valence-corrected chi connectivity index (χ1v) is 6.63. The highest BCUT2D eigenvalue weighted by Gasteiger charge is 2.18. The van der Waals surface area contributed by atoms with Gasteiger partial charge in [0.1, 0.15) is 5.82 Å². The second-order valence-corrected chi connectivity index (χ2v) is 4.98. The standard InChI is InChI=1S/C13H16FN5O/c14-11-2-1-10(7-12(11)15)13-16-17-18-19(13)8-9-3-5-20-6-4-9/h1-2,7,9H,3-6,8,15H2. The summed E-state index contributed by atoms with van der Waals surface area (Å²) in [4.78, 5) is 0. The topological polar surface area (TPSA) is 78.9 Å². The lowest BCUT2D eigenvalue weighted by Gasteiger charge is -2.21. The first kappa shape index (κ1) is 13.0. The zero-order valence-corrected chi connectivity index (χ0v) is 11.0. The van der Waals surface area contributed by atoms with Gasteiger partial charge in [-0.3, -0.25) is 0 Å². The van der Waals surface area contributed by atoms with Crippen LogP contribution in [0.3, 0.4) is 0 Å². The van der Waals surface area contributed by atoms with Crippen LogP contribution in [-0.2, 0) is 11.3 Å². The van der Waals surface area contributed by atoms with Gasteiger partial charge in [-0.1, -0.05) is 0 Å². The number of nitrogens with zero attached hydrogens (tertiary/aromatic N) is 4. The highest BCUT2D eigenvalue weighted by atomic mass is 19.1. The summed E-state index contributed by atoms with van der Waals surface area (Å²) in [6.45, 7) is 2.31. The fourth-order valence-corrected chi connectivity index (χ4v) is 2.39. The van der Waals surface area contributed by atoms with E-state index in [1.807, 2.05) is 0 Å². The lowest BCUT2D eigenvalue weighted by atomic mass is 10.0. The molecule has 0 amide bonds. The summed E-state index contributed by atoms with van der Waals surface area (Å²) in [5.74, 6) is 0.684. The molecule has 7 heteroatoms. The zero-order valence-electron chi connectivity index (χ0n) is 11.0. The molecule has 6 nitrogen and oxygen atoms in total. The molecule has 1 saturated heterocycles. The second kappa shape index (κ2) is 5.54. The van der Waals surface area contributed by atoms with Crippen molar-refractivity contribution in [3.63, 3.8) is 0 Å². The van der Waals surface area contributed by atoms with E-state index in [2.05, 4.69) is 15.5 Å². The van der Waals surface area contributed by atoms with Gasteiger partial charge in [-0.15, -0.1) is 5.10 Å². The molecule has 20 heavy (non-hydrogen) atoms. The Bertz CT molecular complexity index is 594. The molecule has 0 unspecified atom stereocenters. The van der Waals surface area contributed by atoms with Crippen LogP contribution < -0.4 is 5.73 Å². The summed E-state index contributed by atoms with van der Waals surface area (Å²) in [6, 6.07) is 4.53. The van der Waals surface area contributed by atoms with Gasteiger partial charge in [0.15, 0.2) is 5.82 Å². The maximum atomic E-state index is 13.2. The Balaban J connectivity index is 1.83. The van der Waals surface area contributed by atoms with Crippen LogP contribution in [0.2, 0.25) is 0 Å². The van der Waals surface area contributed by atoms with Crippen molar-refractivity contribution >= 4 is 5.69 Å². The highest BCUT2D eigenvalue weighted by molar-refractivity contribution is 5.61. The van der Waals surface area contributed by atoms with Gasteiger partial charge in [0, 0.05) is 25.3 Å². The maximum absolute atomic E-state index is 13.2. The fourth-order valence-electron chi connectivity index (χ4n) is 2.39. The van der Waals surface area contributed by atoms with Crippen LogP contribution in [-0.4, -0.2) is 33.4 Å². The largest absolute Gasteiger partial charge is 0.396 e. The van der Waals surface area contributed by atoms with Crippen molar-refractivity contribution in [1.82, 2.24) is 20.2 Å². The highest BCUT2D eigenvalue weighted by Crippen LogP contribution is 2.23. The third kappa shape index (κ3) is 2.62. The summed E-state index contributed by atoms with van der Waals surface area (Å²) >= 11 is 0. The fraction of sp³-hybridized carbons (Fsp3) is 0.462. The molecule has 1 fully saturated rings. The number of rotatable bonds is 3. The summed E-state index contributed by atoms with van der Waals surface area (Å²) in [5, 5.41) is 11.7. The number of aromatic nitrogens is 4. The lowest BCUT2D eigenvalue weighted by molar-refractivity contribution is 0.0601. The van der Waals surface area contributed by atoms with Gasteiger partial charge in [-0.25, -0.2) is 9.07 Å². The normalized spacial score (nSPS) is 16.4. The van der Waals surface area contributed by atoms with Gasteiger partial charge in [0.2, 0.25) is 0 Å². The van der Waals surface area contributed by atoms with Crippen molar-refractivity contribution in [1.29, 1.82) is 0 Å². The Hall–Kier alpha value is -2.02. The molecule has 0 spiro atoms. The molecule has 3 rings (SSSR count). The molecular formula is C13H16FN5O. The quantitative estimate of drug-likeness (QED) is 0.860. The summed E-state index contributed by atoms with van der Waals surface area (Å²) in [5.41, 5.74) is 6.41. The van der Waals surface area contributed by atoms with Crippen molar-refractivity contribution in [2.24, 2.45) is 5.92 Å². The maximum Gasteiger partial charge on any atom is 0.182 e. The van der Waals surface area contributed by atoms with Crippen LogP contribution >= 0.6 is 0 Å². The van der Waals surface area contributed by atoms with Gasteiger partial charge in [-0.05, 0) is 47.4 Å². The monoisotopic (exact) mass is 277 g/mol. The molecule has 0 radical (unpaired) electrons. The molecular weight excluding hydrogens is 261 g/mol. The number of halogens is 1. The molecule has 0 atom stereocenters. The SMILES string of the molecule is Nc1cc(-c2nnnn2CC2CCOCC2)ccc1F. The van der Waals surface area contributed by atoms with E-state index in [1.165, 1.54) is 6.07 Å². The summed E-state index contributed by atoms with van der Waals surface area (Å²) < 4.78 is 20.3. The molecule has 0 bridgehead atoms. The number of nitrogen functional groups attached to an aromatic ring is 1. The van der Waals surface area contributed by atoms with Crippen LogP contribution in [0.1, 0.15) is 12.8 Å². The molecule has 1 aromatic carbocycles. The van der Waals surface area contributed by atoms with E-state index in [0.717, 1.165) is 38.2 Å². The van der Waals surface area contributed by atoms with Crippen LogP contribution in [0.4, 0.5) is 10.1 Å². The van der Waals surface area contributed by atoms with E-state index in [-0.39, 0.29) is 5.69 Å². The van der Waals surface area contributed by atoms with Gasteiger partial charge >= 0.3 is 0 Å². The number of tetrazole rings is 1. The zero-order chi connectivity index (χ0) is 13.9. The minimum atomic E-state index is -0.433. The van der Waals surface area contributed by atoms with Gasteiger partial charge < -0.3 is 10.5 Å². The molecule has 0 aliphatic carbocycles. The minimum Gasteiger partial charge on any atom is -0.396 e. The van der Waals surface area contributed by atoms with E-state index >= 15 is 0 Å². The van der Waals surface area contributed by atoms with Crippen molar-refractivity contribution < 1.29 is 9.13 Å². The smallest absolute Gasteiger partial charge is 0.182 e. The van der Waals surface area contributed by atoms with Crippen LogP contribution in [0.25, 0.3) is 11.4 Å². The number of nitrogens with two attached hydrogens (primary N) is 1. The number of hydrogen-bond donors (Lipinski definition) is 1. The molecule has 2 heterocycles. The van der Waals surface area contributed by atoms with Crippen molar-refractivity contribution in [2.45, 2.75) is 19.4 Å². The summed E-state index contributed by atoms with van der Waals surface area (Å²) in [6.07, 6.45) is 2.01. The van der Waals surface area contributed by atoms with Crippen LogP contribution in [0.15, 0.2) is 18.2 Å². The van der Waals surface area contributed by atoms with Crippen molar-refractivity contribution in [2.75, 3.05) is 18.9 Å². The molecule has 1 aliphatic heterocycles. The Morgan fingerprint density at radius 1 is 1.35 bits per heavy atom. The van der Waals surface area contributed by atoms with E-state index in [1.54, 1.807) is 16.8 Å². The van der Waals surface area contributed by atoms with Crippen molar-refractivity contribution in [3.8, 4) is 11.4 Å². The van der Waals surface area contributed by atoms with Gasteiger partial charge in [0.05, 0.1) is 5.69 Å². The average molecular weight is 277 g/mol. The molecule has 2 N–H and O–H groups in total. The third-order valence-corrected chi connectivity index (χ3v) is 3.56. The van der Waals surface area contributed by atoms with E-state index in [4.69, 9.17) is 10.5 Å². The summed E-state index contributed by atoms with van der Waals surface area (Å²) in [7, 11) is 0. The van der Waals surface area contributed by atoms with E-state index in [9.17, 15) is 4.39 Å². The first-order chi connectivity index (χ1) is 9.74. The van der Waals surface area contributed by atoms with E-state index < -0.39 is 5.82 Å². The van der Waals surface area contributed by atoms with E-state index in [0.29, 0.717) is 11.7 Å². The predicted octanol–water partition coefficient (Wildman–Crippen LogP) is 1.49. The van der Waals surface area contributed by atoms with Crippen LogP contribution in [0.5, 0.6) is 0 Å². The molecule has 1 aromatic heterocycles. The van der Waals surface area contributed by atoms with Crippen LogP contribution in [0, 0.1) is 11.7 Å². The Kier molecular flexibility index (Phi) is 3.60. The predicted molar refractivity (Wildman–Crippen MR) is 71.2 cm³/mol. The third-order valence-electron chi connectivity index (χ3n) is 3.56. The number of hydrogen-bond acceptors (Lipinski definition) is 5. The molecule has 1 aliphatic rings.